The van der Waals surface area contributed by atoms with E-state index in [9.17, 15) is 9.90 Å². The van der Waals surface area contributed by atoms with Gasteiger partial charge in [0.1, 0.15) is 6.04 Å². The molecule has 1 N–H and O–H groups in total. The number of hydrogen-bond donors (Lipinski definition) is 1. The summed E-state index contributed by atoms with van der Waals surface area (Å²) in [5.41, 5.74) is 0. The zero-order chi connectivity index (χ0) is 13.7. The van der Waals surface area contributed by atoms with Crippen molar-refractivity contribution in [3.05, 3.63) is 0 Å². The molecule has 0 bridgehead atoms. The molecule has 110 valence electrons. The number of carboxylic acid groups (broad SMARTS) is 1. The number of likely N-dealkylation sites (N-methyl/N-ethyl adjacent to an activating group) is 1. The molecule has 0 aromatic carbocycles. The first-order valence-electron chi connectivity index (χ1n) is 7.82. The first-order chi connectivity index (χ1) is 9.16. The normalized spacial score (nSPS) is 25.3. The van der Waals surface area contributed by atoms with E-state index in [2.05, 4.69) is 16.8 Å². The van der Waals surface area contributed by atoms with Gasteiger partial charge in [-0.05, 0) is 25.8 Å². The van der Waals surface area contributed by atoms with E-state index in [0.29, 0.717) is 0 Å². The molecule has 4 nitrogen and oxygen atoms in total. The zero-order valence-corrected chi connectivity index (χ0v) is 12.2. The lowest BCUT2D eigenvalue weighted by Gasteiger charge is -2.36. The van der Waals surface area contributed by atoms with Gasteiger partial charge in [0.15, 0.2) is 0 Å². The van der Waals surface area contributed by atoms with Crippen molar-refractivity contribution in [3.63, 3.8) is 0 Å². The molecule has 1 heterocycles. The zero-order valence-electron chi connectivity index (χ0n) is 12.2. The van der Waals surface area contributed by atoms with E-state index >= 15 is 0 Å². The summed E-state index contributed by atoms with van der Waals surface area (Å²) >= 11 is 0. The lowest BCUT2D eigenvalue weighted by Crippen LogP contribution is -2.51. The third-order valence-electron chi connectivity index (χ3n) is 4.84. The molecule has 2 fully saturated rings. The van der Waals surface area contributed by atoms with Gasteiger partial charge in [0.25, 0.3) is 0 Å². The highest BCUT2D eigenvalue weighted by Gasteiger charge is 2.28. The van der Waals surface area contributed by atoms with Crippen molar-refractivity contribution >= 4 is 5.97 Å². The Morgan fingerprint density at radius 3 is 2.37 bits per heavy atom. The molecule has 1 aliphatic heterocycles. The van der Waals surface area contributed by atoms with Crippen LogP contribution in [0.2, 0.25) is 0 Å². The Kier molecular flexibility index (Phi) is 5.64. The Hall–Kier alpha value is -0.610. The number of hydrogen-bond acceptors (Lipinski definition) is 3. The number of carboxylic acids is 1. The van der Waals surface area contributed by atoms with Crippen LogP contribution in [0.25, 0.3) is 0 Å². The van der Waals surface area contributed by atoms with Gasteiger partial charge in [-0.15, -0.1) is 0 Å². The number of carbonyl (C=O) groups is 1. The van der Waals surface area contributed by atoms with Crippen LogP contribution >= 0.6 is 0 Å². The van der Waals surface area contributed by atoms with E-state index in [0.717, 1.165) is 44.9 Å². The third-order valence-corrected chi connectivity index (χ3v) is 4.84. The van der Waals surface area contributed by atoms with Crippen molar-refractivity contribution in [1.29, 1.82) is 0 Å². The van der Waals surface area contributed by atoms with Crippen LogP contribution in [-0.2, 0) is 4.79 Å². The van der Waals surface area contributed by atoms with Gasteiger partial charge in [0, 0.05) is 26.2 Å². The highest BCUT2D eigenvalue weighted by Crippen LogP contribution is 2.28. The van der Waals surface area contributed by atoms with Gasteiger partial charge in [-0.3, -0.25) is 9.69 Å². The first kappa shape index (κ1) is 14.8. The largest absolute Gasteiger partial charge is 0.480 e. The van der Waals surface area contributed by atoms with Gasteiger partial charge < -0.3 is 10.0 Å². The summed E-state index contributed by atoms with van der Waals surface area (Å²) in [6, 6.07) is -0.254. The second kappa shape index (κ2) is 7.25. The second-order valence-electron chi connectivity index (χ2n) is 6.27. The lowest BCUT2D eigenvalue weighted by molar-refractivity contribution is -0.144. The highest BCUT2D eigenvalue weighted by atomic mass is 16.4. The number of aliphatic carboxylic acids is 1. The van der Waals surface area contributed by atoms with Crippen molar-refractivity contribution in [2.24, 2.45) is 5.92 Å². The Balaban J connectivity index is 1.80. The van der Waals surface area contributed by atoms with Crippen LogP contribution in [0.4, 0.5) is 0 Å². The minimum absolute atomic E-state index is 0.254. The predicted octanol–water partition coefficient (Wildman–Crippen LogP) is 2.05. The van der Waals surface area contributed by atoms with Crippen LogP contribution in [0.15, 0.2) is 0 Å². The minimum Gasteiger partial charge on any atom is -0.480 e. The summed E-state index contributed by atoms with van der Waals surface area (Å²) in [6.45, 7) is 3.79. The number of nitrogens with zero attached hydrogens (tertiary/aromatic N) is 2. The van der Waals surface area contributed by atoms with Gasteiger partial charge in [-0.1, -0.05) is 32.1 Å². The Morgan fingerprint density at radius 1 is 1.16 bits per heavy atom. The van der Waals surface area contributed by atoms with Crippen LogP contribution < -0.4 is 0 Å². The molecule has 0 spiro atoms. The number of piperazine rings is 1. The smallest absolute Gasteiger partial charge is 0.320 e. The van der Waals surface area contributed by atoms with E-state index in [1.165, 1.54) is 32.1 Å². The van der Waals surface area contributed by atoms with Gasteiger partial charge in [0.2, 0.25) is 0 Å². The van der Waals surface area contributed by atoms with Gasteiger partial charge in [-0.25, -0.2) is 0 Å². The topological polar surface area (TPSA) is 43.8 Å². The molecular weight excluding hydrogens is 240 g/mol. The highest BCUT2D eigenvalue weighted by molar-refractivity contribution is 5.73. The summed E-state index contributed by atoms with van der Waals surface area (Å²) in [6.07, 6.45) is 8.63. The standard InChI is InChI=1S/C15H28N2O2/c1-16-9-11-17(12-10-16)14(15(18)19)8-7-13-5-3-2-4-6-13/h13-14H,2-12H2,1H3,(H,18,19). The predicted molar refractivity (Wildman–Crippen MR) is 76.3 cm³/mol. The molecule has 2 rings (SSSR count). The van der Waals surface area contributed by atoms with Crippen molar-refractivity contribution in [1.82, 2.24) is 9.80 Å². The van der Waals surface area contributed by atoms with Crippen LogP contribution in [0.1, 0.15) is 44.9 Å². The lowest BCUT2D eigenvalue weighted by atomic mass is 9.85. The van der Waals surface area contributed by atoms with E-state index in [4.69, 9.17) is 0 Å². The van der Waals surface area contributed by atoms with Crippen molar-refractivity contribution in [2.75, 3.05) is 33.2 Å². The summed E-state index contributed by atoms with van der Waals surface area (Å²) in [5.74, 6) is 0.156. The summed E-state index contributed by atoms with van der Waals surface area (Å²) in [7, 11) is 2.11. The summed E-state index contributed by atoms with van der Waals surface area (Å²) in [4.78, 5) is 15.9. The molecule has 1 saturated carbocycles. The Bertz CT molecular complexity index is 282. The SMILES string of the molecule is CN1CCN(C(CCC2CCCCC2)C(=O)O)CC1. The van der Waals surface area contributed by atoms with E-state index < -0.39 is 5.97 Å². The fourth-order valence-corrected chi connectivity index (χ4v) is 3.47. The second-order valence-corrected chi connectivity index (χ2v) is 6.27. The average Bonchev–Trinajstić information content (AvgIpc) is 2.42. The van der Waals surface area contributed by atoms with Gasteiger partial charge >= 0.3 is 5.97 Å². The molecule has 1 aliphatic carbocycles. The van der Waals surface area contributed by atoms with Crippen LogP contribution in [0, 0.1) is 5.92 Å². The number of rotatable bonds is 5. The minimum atomic E-state index is -0.625. The van der Waals surface area contributed by atoms with Gasteiger partial charge in [0.05, 0.1) is 0 Å². The average molecular weight is 268 g/mol. The molecule has 1 atom stereocenters. The molecule has 0 radical (unpaired) electrons. The molecule has 1 saturated heterocycles. The van der Waals surface area contributed by atoms with Gasteiger partial charge in [-0.2, -0.15) is 0 Å². The molecule has 0 aromatic rings. The van der Waals surface area contributed by atoms with E-state index in [1.807, 2.05) is 0 Å². The molecule has 4 heteroatoms. The first-order valence-corrected chi connectivity index (χ1v) is 7.82. The van der Waals surface area contributed by atoms with Crippen LogP contribution in [-0.4, -0.2) is 60.1 Å². The monoisotopic (exact) mass is 268 g/mol. The van der Waals surface area contributed by atoms with E-state index in [-0.39, 0.29) is 6.04 Å². The van der Waals surface area contributed by atoms with Crippen molar-refractivity contribution in [3.8, 4) is 0 Å². The maximum Gasteiger partial charge on any atom is 0.320 e. The van der Waals surface area contributed by atoms with Crippen molar-refractivity contribution in [2.45, 2.75) is 51.0 Å². The van der Waals surface area contributed by atoms with Crippen LogP contribution in [0.3, 0.4) is 0 Å². The molecule has 1 unspecified atom stereocenters. The van der Waals surface area contributed by atoms with Crippen molar-refractivity contribution < 1.29 is 9.90 Å². The molecule has 0 amide bonds. The fourth-order valence-electron chi connectivity index (χ4n) is 3.47. The quantitative estimate of drug-likeness (QED) is 0.829. The fraction of sp³-hybridized carbons (Fsp3) is 0.933. The molecular formula is C15H28N2O2. The summed E-state index contributed by atoms with van der Waals surface area (Å²) < 4.78 is 0. The Morgan fingerprint density at radius 2 is 1.79 bits per heavy atom. The van der Waals surface area contributed by atoms with Crippen LogP contribution in [0.5, 0.6) is 0 Å². The Labute approximate surface area is 116 Å². The molecule has 19 heavy (non-hydrogen) atoms. The summed E-state index contributed by atoms with van der Waals surface area (Å²) in [5, 5.41) is 9.47. The third kappa shape index (κ3) is 4.46. The maximum absolute atomic E-state index is 11.5. The van der Waals surface area contributed by atoms with E-state index in [1.54, 1.807) is 0 Å². The maximum atomic E-state index is 11.5. The molecule has 2 aliphatic rings. The molecule has 0 aromatic heterocycles.